The molecule has 0 radical (unpaired) electrons. The second-order valence-electron chi connectivity index (χ2n) is 6.49. The summed E-state index contributed by atoms with van der Waals surface area (Å²) in [4.78, 5) is 9.02. The van der Waals surface area contributed by atoms with Gasteiger partial charge in [-0.25, -0.2) is 0 Å². The van der Waals surface area contributed by atoms with Gasteiger partial charge >= 0.3 is 0 Å². The van der Waals surface area contributed by atoms with Crippen LogP contribution < -0.4 is 4.68 Å². The lowest BCUT2D eigenvalue weighted by molar-refractivity contribution is -0.744. The number of benzene rings is 1. The Bertz CT molecular complexity index is 991. The lowest BCUT2D eigenvalue weighted by Gasteiger charge is -2.15. The van der Waals surface area contributed by atoms with Crippen molar-refractivity contribution < 1.29 is 4.68 Å². The van der Waals surface area contributed by atoms with Gasteiger partial charge < -0.3 is 0 Å². The van der Waals surface area contributed by atoms with Crippen LogP contribution in [0.3, 0.4) is 0 Å². The summed E-state index contributed by atoms with van der Waals surface area (Å²) >= 11 is 9.57. The molecular formula is C21H19BrClN4+. The molecule has 3 heterocycles. The van der Waals surface area contributed by atoms with Crippen molar-refractivity contribution in [2.75, 3.05) is 6.54 Å². The minimum Gasteiger partial charge on any atom is -0.284 e. The Balaban J connectivity index is 1.67. The SMILES string of the molecule is Clc1ccc(C[n+]2[nH]c(Br)cc2C=C2CCCN=C2c2cccnc2)cc1. The Morgan fingerprint density at radius 1 is 1.22 bits per heavy atom. The molecule has 1 aliphatic rings. The Hall–Kier alpha value is -2.24. The summed E-state index contributed by atoms with van der Waals surface area (Å²) in [7, 11) is 0. The maximum atomic E-state index is 6.00. The van der Waals surface area contributed by atoms with Crippen LogP contribution in [0.5, 0.6) is 0 Å². The van der Waals surface area contributed by atoms with E-state index in [9.17, 15) is 0 Å². The number of aromatic amines is 1. The van der Waals surface area contributed by atoms with Gasteiger partial charge in [0.15, 0.2) is 6.54 Å². The van der Waals surface area contributed by atoms with E-state index in [1.54, 1.807) is 6.20 Å². The first-order chi connectivity index (χ1) is 13.2. The van der Waals surface area contributed by atoms with E-state index >= 15 is 0 Å². The van der Waals surface area contributed by atoms with Gasteiger partial charge in [-0.1, -0.05) is 23.7 Å². The molecule has 4 nitrogen and oxygen atoms in total. The Kier molecular flexibility index (Phi) is 5.50. The maximum absolute atomic E-state index is 6.00. The number of rotatable bonds is 4. The fourth-order valence-electron chi connectivity index (χ4n) is 3.24. The normalized spacial score (nSPS) is 15.8. The first kappa shape index (κ1) is 18.1. The largest absolute Gasteiger partial charge is 0.284 e. The van der Waals surface area contributed by atoms with Crippen molar-refractivity contribution in [2.24, 2.45) is 4.99 Å². The zero-order chi connectivity index (χ0) is 18.6. The number of hydrogen-bond donors (Lipinski definition) is 1. The third kappa shape index (κ3) is 4.37. The molecule has 136 valence electrons. The second-order valence-corrected chi connectivity index (χ2v) is 7.78. The van der Waals surface area contributed by atoms with E-state index < -0.39 is 0 Å². The van der Waals surface area contributed by atoms with Crippen molar-refractivity contribution >= 4 is 39.3 Å². The van der Waals surface area contributed by atoms with E-state index in [0.717, 1.165) is 52.5 Å². The van der Waals surface area contributed by atoms with Crippen molar-refractivity contribution in [3.8, 4) is 0 Å². The Morgan fingerprint density at radius 2 is 2.07 bits per heavy atom. The van der Waals surface area contributed by atoms with Crippen LogP contribution in [0, 0.1) is 0 Å². The third-order valence-electron chi connectivity index (χ3n) is 4.52. The van der Waals surface area contributed by atoms with Gasteiger partial charge in [0.1, 0.15) is 4.60 Å². The molecule has 0 saturated heterocycles. The Morgan fingerprint density at radius 3 is 2.85 bits per heavy atom. The summed E-state index contributed by atoms with van der Waals surface area (Å²) in [6, 6.07) is 14.0. The number of pyridine rings is 1. The number of nitrogens with zero attached hydrogens (tertiary/aromatic N) is 3. The van der Waals surface area contributed by atoms with Gasteiger partial charge in [-0.2, -0.15) is 5.10 Å². The van der Waals surface area contributed by atoms with Crippen molar-refractivity contribution in [3.63, 3.8) is 0 Å². The van der Waals surface area contributed by atoms with Gasteiger partial charge in [0.2, 0.25) is 5.69 Å². The smallest absolute Gasteiger partial charge is 0.233 e. The van der Waals surface area contributed by atoms with E-state index in [1.807, 2.05) is 36.5 Å². The molecule has 0 aliphatic carbocycles. The van der Waals surface area contributed by atoms with Crippen LogP contribution in [-0.4, -0.2) is 22.3 Å². The number of aromatic nitrogens is 3. The number of halogens is 2. The molecule has 0 spiro atoms. The van der Waals surface area contributed by atoms with Crippen molar-refractivity contribution in [3.05, 3.63) is 86.9 Å². The molecule has 1 aromatic carbocycles. The fourth-order valence-corrected chi connectivity index (χ4v) is 3.81. The molecule has 2 aromatic heterocycles. The first-order valence-corrected chi connectivity index (χ1v) is 10.0. The highest BCUT2D eigenvalue weighted by molar-refractivity contribution is 9.10. The van der Waals surface area contributed by atoms with Crippen LogP contribution in [0.25, 0.3) is 6.08 Å². The standard InChI is InChI=1S/C21H18BrClN4/c22-20-12-19(27(26-20)14-15-5-7-18(23)8-6-15)11-16-3-2-10-25-21(16)17-4-1-9-24-13-17/h1,4-9,11-13H,2-3,10,14H2/p+1. The molecule has 0 fully saturated rings. The highest BCUT2D eigenvalue weighted by Gasteiger charge is 2.19. The first-order valence-electron chi connectivity index (χ1n) is 8.87. The molecular weight excluding hydrogens is 424 g/mol. The quantitative estimate of drug-likeness (QED) is 0.578. The topological polar surface area (TPSA) is 44.9 Å². The van der Waals surface area contributed by atoms with Crippen molar-refractivity contribution in [1.82, 2.24) is 10.1 Å². The predicted molar refractivity (Wildman–Crippen MR) is 112 cm³/mol. The van der Waals surface area contributed by atoms with Gasteiger partial charge in [0.05, 0.1) is 5.71 Å². The molecule has 0 amide bonds. The molecule has 27 heavy (non-hydrogen) atoms. The zero-order valence-electron chi connectivity index (χ0n) is 14.7. The van der Waals surface area contributed by atoms with Crippen LogP contribution in [0.15, 0.2) is 70.0 Å². The summed E-state index contributed by atoms with van der Waals surface area (Å²) in [6.45, 7) is 1.60. The molecule has 0 saturated carbocycles. The Labute approximate surface area is 171 Å². The van der Waals surface area contributed by atoms with Crippen LogP contribution in [-0.2, 0) is 6.54 Å². The van der Waals surface area contributed by atoms with E-state index in [2.05, 4.69) is 48.9 Å². The highest BCUT2D eigenvalue weighted by Crippen LogP contribution is 2.22. The summed E-state index contributed by atoms with van der Waals surface area (Å²) < 4.78 is 3.06. The van der Waals surface area contributed by atoms with Crippen LogP contribution >= 0.6 is 27.5 Å². The van der Waals surface area contributed by atoms with Gasteiger partial charge in [-0.05, 0) is 58.6 Å². The molecule has 6 heteroatoms. The van der Waals surface area contributed by atoms with E-state index in [1.165, 1.54) is 11.1 Å². The monoisotopic (exact) mass is 441 g/mol. The molecule has 1 N–H and O–H groups in total. The summed E-state index contributed by atoms with van der Waals surface area (Å²) in [5.74, 6) is 0. The lowest BCUT2D eigenvalue weighted by atomic mass is 9.96. The second kappa shape index (κ2) is 8.19. The van der Waals surface area contributed by atoms with Gasteiger partial charge in [-0.15, -0.1) is 4.68 Å². The minimum absolute atomic E-state index is 0.737. The van der Waals surface area contributed by atoms with Crippen molar-refractivity contribution in [1.29, 1.82) is 0 Å². The summed E-state index contributed by atoms with van der Waals surface area (Å²) in [5.41, 5.74) is 5.64. The molecule has 3 aromatic rings. The minimum atomic E-state index is 0.737. The van der Waals surface area contributed by atoms with E-state index in [4.69, 9.17) is 16.6 Å². The lowest BCUT2D eigenvalue weighted by Crippen LogP contribution is -2.39. The van der Waals surface area contributed by atoms with Crippen LogP contribution in [0.2, 0.25) is 5.02 Å². The van der Waals surface area contributed by atoms with Crippen LogP contribution in [0.4, 0.5) is 0 Å². The van der Waals surface area contributed by atoms with Gasteiger partial charge in [0, 0.05) is 47.2 Å². The number of allylic oxidation sites excluding steroid dienone is 1. The third-order valence-corrected chi connectivity index (χ3v) is 5.18. The predicted octanol–water partition coefficient (Wildman–Crippen LogP) is 4.83. The molecule has 1 aliphatic heterocycles. The number of H-pyrrole nitrogens is 1. The molecule has 4 rings (SSSR count). The molecule has 0 unspecified atom stereocenters. The highest BCUT2D eigenvalue weighted by atomic mass is 79.9. The van der Waals surface area contributed by atoms with E-state index in [0.29, 0.717) is 0 Å². The molecule has 0 atom stereocenters. The average Bonchev–Trinajstić information content (AvgIpc) is 3.03. The maximum Gasteiger partial charge on any atom is 0.233 e. The number of hydrogen-bond acceptors (Lipinski definition) is 2. The average molecular weight is 443 g/mol. The summed E-state index contributed by atoms with van der Waals surface area (Å²) in [6.07, 6.45) is 7.98. The number of nitrogens with one attached hydrogen (secondary N) is 1. The summed E-state index contributed by atoms with van der Waals surface area (Å²) in [5, 5.41) is 4.10. The molecule has 0 bridgehead atoms. The van der Waals surface area contributed by atoms with E-state index in [-0.39, 0.29) is 0 Å². The fraction of sp³-hybridized carbons (Fsp3) is 0.190. The number of aliphatic imine (C=N–C) groups is 1. The van der Waals surface area contributed by atoms with Gasteiger partial charge in [-0.3, -0.25) is 9.98 Å². The van der Waals surface area contributed by atoms with Gasteiger partial charge in [0.25, 0.3) is 0 Å². The van der Waals surface area contributed by atoms with Crippen LogP contribution in [0.1, 0.15) is 29.7 Å². The zero-order valence-corrected chi connectivity index (χ0v) is 17.0. The van der Waals surface area contributed by atoms with Crippen molar-refractivity contribution in [2.45, 2.75) is 19.4 Å².